The average Bonchev–Trinajstić information content (AvgIpc) is 3.08. The molecule has 1 aliphatic carbocycles. The Kier molecular flexibility index (Phi) is 5.44. The quantitative estimate of drug-likeness (QED) is 0.731. The highest BCUT2D eigenvalue weighted by molar-refractivity contribution is 5.76. The second-order valence-electron chi connectivity index (χ2n) is 5.31. The van der Waals surface area contributed by atoms with Gasteiger partial charge in [-0.25, -0.2) is 4.79 Å². The summed E-state index contributed by atoms with van der Waals surface area (Å²) in [5.74, 6) is -0.630. The molecule has 1 aliphatic rings. The SMILES string of the molecule is CCN(CC(C)C(=O)O)C(=O)NC(C)CC1CC1. The van der Waals surface area contributed by atoms with Gasteiger partial charge in [-0.1, -0.05) is 19.8 Å². The van der Waals surface area contributed by atoms with E-state index in [1.54, 1.807) is 11.8 Å². The van der Waals surface area contributed by atoms with E-state index in [4.69, 9.17) is 5.11 Å². The Bertz CT molecular complexity index is 303. The van der Waals surface area contributed by atoms with Crippen molar-refractivity contribution in [3.63, 3.8) is 0 Å². The molecule has 0 heterocycles. The van der Waals surface area contributed by atoms with Gasteiger partial charge in [-0.2, -0.15) is 0 Å². The Labute approximate surface area is 109 Å². The number of urea groups is 1. The van der Waals surface area contributed by atoms with Crippen LogP contribution in [0, 0.1) is 11.8 Å². The van der Waals surface area contributed by atoms with Crippen LogP contribution >= 0.6 is 0 Å². The van der Waals surface area contributed by atoms with Crippen molar-refractivity contribution in [3.8, 4) is 0 Å². The van der Waals surface area contributed by atoms with E-state index in [2.05, 4.69) is 5.32 Å². The van der Waals surface area contributed by atoms with Crippen molar-refractivity contribution < 1.29 is 14.7 Å². The zero-order valence-corrected chi connectivity index (χ0v) is 11.5. The lowest BCUT2D eigenvalue weighted by Gasteiger charge is -2.25. The highest BCUT2D eigenvalue weighted by atomic mass is 16.4. The molecule has 1 fully saturated rings. The number of carboxylic acid groups (broad SMARTS) is 1. The second-order valence-corrected chi connectivity index (χ2v) is 5.31. The first-order chi connectivity index (χ1) is 8.43. The molecular weight excluding hydrogens is 232 g/mol. The normalized spacial score (nSPS) is 17.9. The van der Waals surface area contributed by atoms with Crippen molar-refractivity contribution >= 4 is 12.0 Å². The van der Waals surface area contributed by atoms with Gasteiger partial charge in [0.15, 0.2) is 0 Å². The average molecular weight is 256 g/mol. The molecule has 0 spiro atoms. The number of carboxylic acids is 1. The lowest BCUT2D eigenvalue weighted by Crippen LogP contribution is -2.46. The molecule has 2 unspecified atom stereocenters. The van der Waals surface area contributed by atoms with E-state index in [0.29, 0.717) is 6.54 Å². The first-order valence-electron chi connectivity index (χ1n) is 6.72. The Morgan fingerprint density at radius 3 is 2.44 bits per heavy atom. The number of aliphatic carboxylic acids is 1. The van der Waals surface area contributed by atoms with E-state index in [9.17, 15) is 9.59 Å². The third kappa shape index (κ3) is 4.94. The van der Waals surface area contributed by atoms with Gasteiger partial charge in [0.1, 0.15) is 0 Å². The largest absolute Gasteiger partial charge is 0.481 e. The number of amides is 2. The van der Waals surface area contributed by atoms with Crippen molar-refractivity contribution in [3.05, 3.63) is 0 Å². The molecule has 0 aromatic heterocycles. The van der Waals surface area contributed by atoms with Crippen LogP contribution in [0.2, 0.25) is 0 Å². The fraction of sp³-hybridized carbons (Fsp3) is 0.846. The molecule has 104 valence electrons. The molecule has 2 amide bonds. The molecular formula is C13H24N2O3. The van der Waals surface area contributed by atoms with Gasteiger partial charge in [0.25, 0.3) is 0 Å². The highest BCUT2D eigenvalue weighted by Crippen LogP contribution is 2.33. The molecule has 0 aromatic carbocycles. The van der Waals surface area contributed by atoms with Gasteiger partial charge >= 0.3 is 12.0 Å². The second kappa shape index (κ2) is 6.61. The number of hydrogen-bond acceptors (Lipinski definition) is 2. The van der Waals surface area contributed by atoms with Gasteiger partial charge in [0, 0.05) is 19.1 Å². The number of carbonyl (C=O) groups excluding carboxylic acids is 1. The molecule has 0 aliphatic heterocycles. The van der Waals surface area contributed by atoms with Crippen LogP contribution in [0.3, 0.4) is 0 Å². The zero-order valence-electron chi connectivity index (χ0n) is 11.5. The summed E-state index contributed by atoms with van der Waals surface area (Å²) in [6.45, 7) is 6.27. The number of nitrogens with one attached hydrogen (secondary N) is 1. The van der Waals surface area contributed by atoms with E-state index >= 15 is 0 Å². The first-order valence-corrected chi connectivity index (χ1v) is 6.72. The maximum absolute atomic E-state index is 12.0. The van der Waals surface area contributed by atoms with Crippen LogP contribution in [0.1, 0.15) is 40.0 Å². The van der Waals surface area contributed by atoms with E-state index < -0.39 is 11.9 Å². The molecule has 1 saturated carbocycles. The smallest absolute Gasteiger partial charge is 0.317 e. The molecule has 1 rings (SSSR count). The lowest BCUT2D eigenvalue weighted by molar-refractivity contribution is -0.141. The summed E-state index contributed by atoms with van der Waals surface area (Å²) in [5, 5.41) is 11.8. The van der Waals surface area contributed by atoms with Crippen molar-refractivity contribution in [2.75, 3.05) is 13.1 Å². The number of hydrogen-bond donors (Lipinski definition) is 2. The summed E-state index contributed by atoms with van der Waals surface area (Å²) < 4.78 is 0. The molecule has 2 atom stereocenters. The van der Waals surface area contributed by atoms with Crippen molar-refractivity contribution in [1.29, 1.82) is 0 Å². The van der Waals surface area contributed by atoms with E-state index in [0.717, 1.165) is 12.3 Å². The molecule has 0 saturated heterocycles. The van der Waals surface area contributed by atoms with Gasteiger partial charge in [0.2, 0.25) is 0 Å². The van der Waals surface area contributed by atoms with Crippen LogP contribution in [-0.4, -0.2) is 41.1 Å². The summed E-state index contributed by atoms with van der Waals surface area (Å²) >= 11 is 0. The highest BCUT2D eigenvalue weighted by Gasteiger charge is 2.25. The van der Waals surface area contributed by atoms with Crippen LogP contribution in [0.4, 0.5) is 4.79 Å². The van der Waals surface area contributed by atoms with Crippen molar-refractivity contribution in [2.45, 2.75) is 46.1 Å². The number of rotatable bonds is 7. The summed E-state index contributed by atoms with van der Waals surface area (Å²) in [4.78, 5) is 24.3. The molecule has 0 radical (unpaired) electrons. The van der Waals surface area contributed by atoms with Crippen molar-refractivity contribution in [1.82, 2.24) is 10.2 Å². The monoisotopic (exact) mass is 256 g/mol. The molecule has 18 heavy (non-hydrogen) atoms. The summed E-state index contributed by atoms with van der Waals surface area (Å²) in [7, 11) is 0. The van der Waals surface area contributed by atoms with Crippen LogP contribution < -0.4 is 5.32 Å². The maximum atomic E-state index is 12.0. The molecule has 5 heteroatoms. The minimum atomic E-state index is -0.868. The fourth-order valence-corrected chi connectivity index (χ4v) is 1.98. The first kappa shape index (κ1) is 14.8. The molecule has 5 nitrogen and oxygen atoms in total. The van der Waals surface area contributed by atoms with Crippen LogP contribution in [0.15, 0.2) is 0 Å². The Balaban J connectivity index is 2.37. The van der Waals surface area contributed by atoms with E-state index in [1.807, 2.05) is 13.8 Å². The van der Waals surface area contributed by atoms with Gasteiger partial charge in [-0.15, -0.1) is 0 Å². The van der Waals surface area contributed by atoms with Gasteiger partial charge < -0.3 is 15.3 Å². The van der Waals surface area contributed by atoms with Crippen LogP contribution in [0.25, 0.3) is 0 Å². The Hall–Kier alpha value is -1.26. The van der Waals surface area contributed by atoms with Crippen molar-refractivity contribution in [2.24, 2.45) is 11.8 Å². The molecule has 0 bridgehead atoms. The molecule has 0 aromatic rings. The topological polar surface area (TPSA) is 69.6 Å². The summed E-state index contributed by atoms with van der Waals surface area (Å²) in [6, 6.07) is 0.0120. The summed E-state index contributed by atoms with van der Waals surface area (Å²) in [6.07, 6.45) is 3.57. The minimum Gasteiger partial charge on any atom is -0.481 e. The number of carbonyl (C=O) groups is 2. The van der Waals surface area contributed by atoms with Crippen LogP contribution in [0.5, 0.6) is 0 Å². The minimum absolute atomic E-state index is 0.154. The molecule has 2 N–H and O–H groups in total. The Morgan fingerprint density at radius 1 is 1.39 bits per heavy atom. The van der Waals surface area contributed by atoms with E-state index in [-0.39, 0.29) is 18.6 Å². The van der Waals surface area contributed by atoms with Gasteiger partial charge in [-0.05, 0) is 26.2 Å². The maximum Gasteiger partial charge on any atom is 0.317 e. The summed E-state index contributed by atoms with van der Waals surface area (Å²) in [5.41, 5.74) is 0. The third-order valence-electron chi connectivity index (χ3n) is 3.34. The van der Waals surface area contributed by atoms with Crippen LogP contribution in [-0.2, 0) is 4.79 Å². The van der Waals surface area contributed by atoms with E-state index in [1.165, 1.54) is 12.8 Å². The fourth-order valence-electron chi connectivity index (χ4n) is 1.98. The predicted molar refractivity (Wildman–Crippen MR) is 69.4 cm³/mol. The third-order valence-corrected chi connectivity index (χ3v) is 3.34. The van der Waals surface area contributed by atoms with Gasteiger partial charge in [-0.3, -0.25) is 4.79 Å². The zero-order chi connectivity index (χ0) is 13.7. The predicted octanol–water partition coefficient (Wildman–Crippen LogP) is 1.93. The number of nitrogens with zero attached hydrogens (tertiary/aromatic N) is 1. The Morgan fingerprint density at radius 2 is 2.00 bits per heavy atom. The standard InChI is InChI=1S/C13H24N2O3/c1-4-15(8-9(2)12(16)17)13(18)14-10(3)7-11-5-6-11/h9-11H,4-8H2,1-3H3,(H,14,18)(H,16,17). The lowest BCUT2D eigenvalue weighted by atomic mass is 10.1. The van der Waals surface area contributed by atoms with Gasteiger partial charge in [0.05, 0.1) is 5.92 Å².